The average molecular weight is 162 g/mol. The van der Waals surface area contributed by atoms with Crippen LogP contribution in [-0.4, -0.2) is 11.2 Å². The Kier molecular flexibility index (Phi) is 1.89. The van der Waals surface area contributed by atoms with E-state index in [0.717, 1.165) is 12.8 Å². The van der Waals surface area contributed by atoms with Gasteiger partial charge in [-0.3, -0.25) is 0 Å². The van der Waals surface area contributed by atoms with Gasteiger partial charge in [-0.1, -0.05) is 24.3 Å². The zero-order chi connectivity index (χ0) is 8.55. The maximum absolute atomic E-state index is 9.42. The van der Waals surface area contributed by atoms with Crippen LogP contribution in [0.3, 0.4) is 0 Å². The quantitative estimate of drug-likeness (QED) is 0.667. The van der Waals surface area contributed by atoms with E-state index in [1.807, 2.05) is 6.92 Å². The van der Waals surface area contributed by atoms with Gasteiger partial charge in [0.05, 0.1) is 6.10 Å². The maximum atomic E-state index is 9.42. The van der Waals surface area contributed by atoms with Gasteiger partial charge in [0.25, 0.3) is 0 Å². The Labute approximate surface area is 73.0 Å². The summed E-state index contributed by atoms with van der Waals surface area (Å²) in [7, 11) is 0. The minimum Gasteiger partial charge on any atom is -0.393 e. The molecule has 0 aromatic heterocycles. The van der Waals surface area contributed by atoms with Gasteiger partial charge in [-0.05, 0) is 36.8 Å². The molecular formula is C11H14O. The topological polar surface area (TPSA) is 20.2 Å². The molecular weight excluding hydrogens is 148 g/mol. The monoisotopic (exact) mass is 162 g/mol. The highest BCUT2D eigenvalue weighted by Crippen LogP contribution is 2.28. The minimum absolute atomic E-state index is 0.169. The molecule has 1 N–H and O–H groups in total. The summed E-state index contributed by atoms with van der Waals surface area (Å²) in [5.74, 6) is 0.447. The van der Waals surface area contributed by atoms with E-state index in [0.29, 0.717) is 5.92 Å². The first-order chi connectivity index (χ1) is 5.77. The number of hydrogen-bond donors (Lipinski definition) is 1. The molecule has 0 saturated carbocycles. The summed E-state index contributed by atoms with van der Waals surface area (Å²) in [6.45, 7) is 1.89. The van der Waals surface area contributed by atoms with E-state index in [9.17, 15) is 5.11 Å². The van der Waals surface area contributed by atoms with Gasteiger partial charge in [0.15, 0.2) is 0 Å². The van der Waals surface area contributed by atoms with Crippen LogP contribution in [0.15, 0.2) is 24.3 Å². The summed E-state index contributed by atoms with van der Waals surface area (Å²) in [5.41, 5.74) is 2.84. The molecule has 1 aromatic rings. The first-order valence-electron chi connectivity index (χ1n) is 4.52. The molecule has 1 nitrogen and oxygen atoms in total. The average Bonchev–Trinajstić information content (AvgIpc) is 2.46. The lowest BCUT2D eigenvalue weighted by molar-refractivity contribution is 0.131. The molecule has 64 valence electrons. The third-order valence-corrected chi connectivity index (χ3v) is 2.76. The largest absolute Gasteiger partial charge is 0.393 e. The second kappa shape index (κ2) is 2.91. The second-order valence-electron chi connectivity index (χ2n) is 3.68. The molecule has 0 spiro atoms. The summed E-state index contributed by atoms with van der Waals surface area (Å²) in [4.78, 5) is 0. The summed E-state index contributed by atoms with van der Waals surface area (Å²) in [5, 5.41) is 9.42. The van der Waals surface area contributed by atoms with Crippen molar-refractivity contribution in [2.45, 2.75) is 25.9 Å². The Bertz CT molecular complexity index is 253. The van der Waals surface area contributed by atoms with Crippen LogP contribution in [0.2, 0.25) is 0 Å². The molecule has 0 fully saturated rings. The number of aliphatic hydroxyl groups excluding tert-OH is 1. The van der Waals surface area contributed by atoms with Crippen LogP contribution in [0.1, 0.15) is 18.1 Å². The lowest BCUT2D eigenvalue weighted by atomic mass is 10.0. The summed E-state index contributed by atoms with van der Waals surface area (Å²) >= 11 is 0. The number of aliphatic hydroxyl groups is 1. The number of rotatable bonds is 1. The number of hydrogen-bond acceptors (Lipinski definition) is 1. The Morgan fingerprint density at radius 2 is 1.75 bits per heavy atom. The van der Waals surface area contributed by atoms with Gasteiger partial charge in [0.1, 0.15) is 0 Å². The molecule has 0 saturated heterocycles. The van der Waals surface area contributed by atoms with Crippen LogP contribution in [0.25, 0.3) is 0 Å². The van der Waals surface area contributed by atoms with E-state index in [2.05, 4.69) is 24.3 Å². The predicted molar refractivity (Wildman–Crippen MR) is 49.0 cm³/mol. The van der Waals surface area contributed by atoms with E-state index in [4.69, 9.17) is 0 Å². The van der Waals surface area contributed by atoms with Gasteiger partial charge in [0.2, 0.25) is 0 Å². The van der Waals surface area contributed by atoms with Crippen LogP contribution >= 0.6 is 0 Å². The van der Waals surface area contributed by atoms with Crippen molar-refractivity contribution in [3.63, 3.8) is 0 Å². The lowest BCUT2D eigenvalue weighted by Crippen LogP contribution is -2.16. The van der Waals surface area contributed by atoms with Crippen molar-refractivity contribution in [2.75, 3.05) is 0 Å². The van der Waals surface area contributed by atoms with E-state index in [-0.39, 0.29) is 6.10 Å². The third-order valence-electron chi connectivity index (χ3n) is 2.76. The number of fused-ring (bicyclic) bond motifs is 1. The van der Waals surface area contributed by atoms with Gasteiger partial charge in [-0.15, -0.1) is 0 Å². The van der Waals surface area contributed by atoms with Gasteiger partial charge < -0.3 is 5.11 Å². The molecule has 1 aliphatic carbocycles. The summed E-state index contributed by atoms with van der Waals surface area (Å²) < 4.78 is 0. The van der Waals surface area contributed by atoms with Crippen LogP contribution in [0, 0.1) is 5.92 Å². The van der Waals surface area contributed by atoms with Crippen molar-refractivity contribution in [1.82, 2.24) is 0 Å². The third kappa shape index (κ3) is 1.25. The predicted octanol–water partition coefficient (Wildman–Crippen LogP) is 1.78. The van der Waals surface area contributed by atoms with Crippen LogP contribution in [0.5, 0.6) is 0 Å². The molecule has 0 bridgehead atoms. The molecule has 12 heavy (non-hydrogen) atoms. The van der Waals surface area contributed by atoms with Gasteiger partial charge in [0, 0.05) is 0 Å². The molecule has 2 rings (SSSR count). The number of benzene rings is 1. The fourth-order valence-corrected chi connectivity index (χ4v) is 1.93. The van der Waals surface area contributed by atoms with E-state index in [1.54, 1.807) is 0 Å². The zero-order valence-electron chi connectivity index (χ0n) is 7.33. The summed E-state index contributed by atoms with van der Waals surface area (Å²) in [6, 6.07) is 8.47. The highest BCUT2D eigenvalue weighted by atomic mass is 16.3. The molecule has 1 atom stereocenters. The molecule has 1 aliphatic rings. The molecule has 0 aliphatic heterocycles. The van der Waals surface area contributed by atoms with E-state index in [1.165, 1.54) is 11.1 Å². The highest BCUT2D eigenvalue weighted by Gasteiger charge is 2.23. The first-order valence-corrected chi connectivity index (χ1v) is 4.52. The van der Waals surface area contributed by atoms with Crippen LogP contribution < -0.4 is 0 Å². The SMILES string of the molecule is C[C@H](O)C1Cc2ccccc2C1. The van der Waals surface area contributed by atoms with Gasteiger partial charge in [-0.25, -0.2) is 0 Å². The molecule has 0 amide bonds. The van der Waals surface area contributed by atoms with Crippen LogP contribution in [-0.2, 0) is 12.8 Å². The van der Waals surface area contributed by atoms with Crippen molar-refractivity contribution in [3.8, 4) is 0 Å². The minimum atomic E-state index is -0.169. The van der Waals surface area contributed by atoms with Gasteiger partial charge in [-0.2, -0.15) is 0 Å². The molecule has 0 unspecified atom stereocenters. The van der Waals surface area contributed by atoms with Crippen molar-refractivity contribution in [1.29, 1.82) is 0 Å². The highest BCUT2D eigenvalue weighted by molar-refractivity contribution is 5.32. The Morgan fingerprint density at radius 1 is 1.25 bits per heavy atom. The maximum Gasteiger partial charge on any atom is 0.0546 e. The van der Waals surface area contributed by atoms with Crippen molar-refractivity contribution in [3.05, 3.63) is 35.4 Å². The zero-order valence-corrected chi connectivity index (χ0v) is 7.33. The lowest BCUT2D eigenvalue weighted by Gasteiger charge is -2.11. The van der Waals surface area contributed by atoms with E-state index >= 15 is 0 Å². The fourth-order valence-electron chi connectivity index (χ4n) is 1.93. The van der Waals surface area contributed by atoms with Crippen molar-refractivity contribution >= 4 is 0 Å². The first kappa shape index (κ1) is 7.81. The standard InChI is InChI=1S/C11H14O/c1-8(12)11-6-9-4-2-3-5-10(9)7-11/h2-5,8,11-12H,6-7H2,1H3/t8-/m0/s1. The molecule has 1 heteroatoms. The second-order valence-corrected chi connectivity index (χ2v) is 3.68. The fraction of sp³-hybridized carbons (Fsp3) is 0.455. The Balaban J connectivity index is 2.22. The van der Waals surface area contributed by atoms with Crippen LogP contribution in [0.4, 0.5) is 0 Å². The normalized spacial score (nSPS) is 19.2. The molecule has 0 heterocycles. The van der Waals surface area contributed by atoms with Gasteiger partial charge >= 0.3 is 0 Å². The summed E-state index contributed by atoms with van der Waals surface area (Å²) in [6.07, 6.45) is 1.93. The Morgan fingerprint density at radius 3 is 2.17 bits per heavy atom. The molecule has 1 aromatic carbocycles. The van der Waals surface area contributed by atoms with E-state index < -0.39 is 0 Å². The van der Waals surface area contributed by atoms with Crippen molar-refractivity contribution in [2.24, 2.45) is 5.92 Å². The smallest absolute Gasteiger partial charge is 0.0546 e. The Hall–Kier alpha value is -0.820. The van der Waals surface area contributed by atoms with Crippen molar-refractivity contribution < 1.29 is 5.11 Å². The molecule has 0 radical (unpaired) electrons.